The second kappa shape index (κ2) is 9.73. The summed E-state index contributed by atoms with van der Waals surface area (Å²) in [5.74, 6) is -0.734. The maximum Gasteiger partial charge on any atom is 0.344 e. The van der Waals surface area contributed by atoms with Crippen LogP contribution in [0.25, 0.3) is 5.69 Å². The second-order valence-electron chi connectivity index (χ2n) is 7.06. The van der Waals surface area contributed by atoms with Crippen molar-refractivity contribution in [3.05, 3.63) is 90.1 Å². The third-order valence-electron chi connectivity index (χ3n) is 4.73. The van der Waals surface area contributed by atoms with Crippen molar-refractivity contribution in [3.8, 4) is 17.3 Å². The number of nitrogens with zero attached hydrogens (tertiary/aromatic N) is 4. The van der Waals surface area contributed by atoms with Crippen LogP contribution in [0.15, 0.2) is 73.2 Å². The number of pyridine rings is 2. The summed E-state index contributed by atoms with van der Waals surface area (Å²) in [6, 6.07) is 16.1. The van der Waals surface area contributed by atoms with Gasteiger partial charge in [-0.05, 0) is 50.2 Å². The van der Waals surface area contributed by atoms with E-state index in [0.29, 0.717) is 17.1 Å². The molecule has 1 amide bonds. The highest BCUT2D eigenvalue weighted by molar-refractivity contribution is 5.97. The van der Waals surface area contributed by atoms with Gasteiger partial charge in [0.15, 0.2) is 6.61 Å². The summed E-state index contributed by atoms with van der Waals surface area (Å²) in [4.78, 5) is 33.1. The number of nitrogens with one attached hydrogen (secondary N) is 1. The van der Waals surface area contributed by atoms with Gasteiger partial charge in [0, 0.05) is 12.4 Å². The highest BCUT2D eigenvalue weighted by Crippen LogP contribution is 2.24. The van der Waals surface area contributed by atoms with Gasteiger partial charge >= 0.3 is 5.97 Å². The van der Waals surface area contributed by atoms with Gasteiger partial charge in [-0.3, -0.25) is 9.78 Å². The van der Waals surface area contributed by atoms with E-state index in [1.54, 1.807) is 36.0 Å². The van der Waals surface area contributed by atoms with E-state index in [1.807, 2.05) is 37.3 Å². The largest absolute Gasteiger partial charge is 0.452 e. The van der Waals surface area contributed by atoms with Crippen molar-refractivity contribution >= 4 is 17.6 Å². The number of para-hydroxylation sites is 1. The number of ether oxygens (including phenoxy) is 2. The number of carbonyl (C=O) groups excluding carboxylic acids is 2. The predicted molar refractivity (Wildman–Crippen MR) is 120 cm³/mol. The molecule has 0 spiro atoms. The Kier molecular flexibility index (Phi) is 6.40. The molecular weight excluding hydrogens is 422 g/mol. The fraction of sp³-hybridized carbons (Fsp3) is 0.125. The molecule has 1 N–H and O–H groups in total. The van der Waals surface area contributed by atoms with Crippen LogP contribution in [0.2, 0.25) is 0 Å². The lowest BCUT2D eigenvalue weighted by Gasteiger charge is -2.10. The monoisotopic (exact) mass is 443 g/mol. The average Bonchev–Trinajstić information content (AvgIpc) is 3.12. The number of benzene rings is 1. The predicted octanol–water partition coefficient (Wildman–Crippen LogP) is 3.87. The molecule has 33 heavy (non-hydrogen) atoms. The quantitative estimate of drug-likeness (QED) is 0.432. The van der Waals surface area contributed by atoms with Crippen molar-refractivity contribution in [2.45, 2.75) is 13.8 Å². The van der Waals surface area contributed by atoms with Crippen LogP contribution < -0.4 is 10.1 Å². The minimum atomic E-state index is -0.731. The van der Waals surface area contributed by atoms with Crippen molar-refractivity contribution in [1.29, 1.82) is 0 Å². The molecule has 0 aliphatic carbocycles. The Morgan fingerprint density at radius 1 is 1.00 bits per heavy atom. The van der Waals surface area contributed by atoms with Crippen LogP contribution in [0.4, 0.5) is 5.69 Å². The normalized spacial score (nSPS) is 10.5. The van der Waals surface area contributed by atoms with Crippen molar-refractivity contribution in [3.63, 3.8) is 0 Å². The summed E-state index contributed by atoms with van der Waals surface area (Å²) in [6.07, 6.45) is 4.59. The topological polar surface area (TPSA) is 108 Å². The first-order valence-corrected chi connectivity index (χ1v) is 10.1. The highest BCUT2D eigenvalue weighted by Gasteiger charge is 2.19. The SMILES string of the molecule is Cc1nn(-c2ccccc2)c(C)c1NC(=O)COC(=O)c1cccnc1Oc1cccnc1. The Balaban J connectivity index is 1.41. The summed E-state index contributed by atoms with van der Waals surface area (Å²) >= 11 is 0. The van der Waals surface area contributed by atoms with Crippen LogP contribution >= 0.6 is 0 Å². The van der Waals surface area contributed by atoms with E-state index in [2.05, 4.69) is 20.4 Å². The van der Waals surface area contributed by atoms with Gasteiger partial charge in [-0.2, -0.15) is 5.10 Å². The number of hydrogen-bond donors (Lipinski definition) is 1. The van der Waals surface area contributed by atoms with Crippen LogP contribution in [0.5, 0.6) is 11.6 Å². The van der Waals surface area contributed by atoms with Gasteiger partial charge in [0.05, 0.1) is 29.0 Å². The number of hydrogen-bond acceptors (Lipinski definition) is 7. The third kappa shape index (κ3) is 5.04. The number of amides is 1. The first-order chi connectivity index (χ1) is 16.0. The van der Waals surface area contributed by atoms with Gasteiger partial charge in [-0.25, -0.2) is 14.5 Å². The van der Waals surface area contributed by atoms with E-state index in [9.17, 15) is 9.59 Å². The van der Waals surface area contributed by atoms with Gasteiger partial charge in [-0.15, -0.1) is 0 Å². The molecule has 0 aliphatic rings. The first-order valence-electron chi connectivity index (χ1n) is 10.1. The average molecular weight is 443 g/mol. The molecule has 166 valence electrons. The molecule has 0 bridgehead atoms. The summed E-state index contributed by atoms with van der Waals surface area (Å²) in [6.45, 7) is 3.17. The van der Waals surface area contributed by atoms with Gasteiger partial charge < -0.3 is 14.8 Å². The second-order valence-corrected chi connectivity index (χ2v) is 7.06. The third-order valence-corrected chi connectivity index (χ3v) is 4.73. The number of rotatable bonds is 7. The Labute approximate surface area is 190 Å². The van der Waals surface area contributed by atoms with E-state index in [0.717, 1.165) is 11.4 Å². The van der Waals surface area contributed by atoms with Gasteiger partial charge in [0.2, 0.25) is 5.88 Å². The van der Waals surface area contributed by atoms with Crippen molar-refractivity contribution in [2.24, 2.45) is 0 Å². The molecule has 1 aromatic carbocycles. The van der Waals surface area contributed by atoms with Crippen molar-refractivity contribution < 1.29 is 19.1 Å². The lowest BCUT2D eigenvalue weighted by molar-refractivity contribution is -0.119. The molecule has 3 heterocycles. The minimum Gasteiger partial charge on any atom is -0.452 e. The first kappa shape index (κ1) is 21.7. The molecule has 0 atom stereocenters. The molecule has 0 saturated carbocycles. The summed E-state index contributed by atoms with van der Waals surface area (Å²) in [5, 5.41) is 7.27. The zero-order valence-electron chi connectivity index (χ0n) is 18.1. The van der Waals surface area contributed by atoms with E-state index in [1.165, 1.54) is 18.5 Å². The number of aryl methyl sites for hydroxylation is 1. The molecule has 0 saturated heterocycles. The van der Waals surface area contributed by atoms with Crippen LogP contribution in [0.3, 0.4) is 0 Å². The van der Waals surface area contributed by atoms with E-state index < -0.39 is 18.5 Å². The fourth-order valence-electron chi connectivity index (χ4n) is 3.18. The molecule has 9 heteroatoms. The number of carbonyl (C=O) groups is 2. The molecule has 4 aromatic rings. The molecule has 0 radical (unpaired) electrons. The standard InChI is InChI=1S/C24H21N5O4/c1-16-22(17(2)29(28-16)18-8-4-3-5-9-18)27-21(30)15-32-24(31)20-11-7-13-26-23(20)33-19-10-6-12-25-14-19/h3-14H,15H2,1-2H3,(H,27,30). The summed E-state index contributed by atoms with van der Waals surface area (Å²) in [7, 11) is 0. The van der Waals surface area contributed by atoms with Gasteiger partial charge in [-0.1, -0.05) is 18.2 Å². The smallest absolute Gasteiger partial charge is 0.344 e. The number of esters is 1. The lowest BCUT2D eigenvalue weighted by atomic mass is 10.2. The molecule has 9 nitrogen and oxygen atoms in total. The Bertz CT molecular complexity index is 1270. The highest BCUT2D eigenvalue weighted by atomic mass is 16.5. The van der Waals surface area contributed by atoms with Gasteiger partial charge in [0.1, 0.15) is 11.3 Å². The van der Waals surface area contributed by atoms with Crippen LogP contribution in [-0.2, 0) is 9.53 Å². The van der Waals surface area contributed by atoms with Crippen LogP contribution in [-0.4, -0.2) is 38.2 Å². The lowest BCUT2D eigenvalue weighted by Crippen LogP contribution is -2.22. The van der Waals surface area contributed by atoms with Crippen LogP contribution in [0.1, 0.15) is 21.7 Å². The molecular formula is C24H21N5O4. The summed E-state index contributed by atoms with van der Waals surface area (Å²) < 4.78 is 12.6. The Morgan fingerprint density at radius 3 is 2.55 bits per heavy atom. The summed E-state index contributed by atoms with van der Waals surface area (Å²) in [5.41, 5.74) is 2.95. The van der Waals surface area contributed by atoms with Crippen molar-refractivity contribution in [1.82, 2.24) is 19.7 Å². The maximum absolute atomic E-state index is 12.6. The molecule has 0 aliphatic heterocycles. The Morgan fingerprint density at radius 2 is 1.79 bits per heavy atom. The van der Waals surface area contributed by atoms with E-state index in [-0.39, 0.29) is 11.4 Å². The van der Waals surface area contributed by atoms with Crippen molar-refractivity contribution in [2.75, 3.05) is 11.9 Å². The Hall–Kier alpha value is -4.53. The van der Waals surface area contributed by atoms with E-state index >= 15 is 0 Å². The van der Waals surface area contributed by atoms with Crippen LogP contribution in [0, 0.1) is 13.8 Å². The van der Waals surface area contributed by atoms with Gasteiger partial charge in [0.25, 0.3) is 5.91 Å². The minimum absolute atomic E-state index is 0.0618. The maximum atomic E-state index is 12.6. The number of aromatic nitrogens is 4. The zero-order chi connectivity index (χ0) is 23.2. The number of anilines is 1. The molecule has 4 rings (SSSR count). The fourth-order valence-corrected chi connectivity index (χ4v) is 3.18. The zero-order valence-corrected chi connectivity index (χ0v) is 18.1. The molecule has 0 fully saturated rings. The van der Waals surface area contributed by atoms with E-state index in [4.69, 9.17) is 9.47 Å². The molecule has 0 unspecified atom stereocenters. The molecule has 3 aromatic heterocycles.